The highest BCUT2D eigenvalue weighted by Gasteiger charge is 2.33. The second-order valence-corrected chi connectivity index (χ2v) is 3.73. The predicted octanol–water partition coefficient (Wildman–Crippen LogP) is 1.66. The maximum Gasteiger partial charge on any atom is 0.340 e. The van der Waals surface area contributed by atoms with Gasteiger partial charge < -0.3 is 10.1 Å². The lowest BCUT2D eigenvalue weighted by Gasteiger charge is -2.25. The number of hydrogen-bond donors (Lipinski definition) is 1. The van der Waals surface area contributed by atoms with Crippen LogP contribution in [0.5, 0.6) is 0 Å². The molecule has 0 saturated carbocycles. The Morgan fingerprint density at radius 2 is 2.44 bits per heavy atom. The van der Waals surface area contributed by atoms with Crippen LogP contribution in [0.15, 0.2) is 30.5 Å². The van der Waals surface area contributed by atoms with E-state index in [0.717, 1.165) is 0 Å². The molecule has 0 bridgehead atoms. The summed E-state index contributed by atoms with van der Waals surface area (Å²) in [6.45, 7) is 0. The smallest absolute Gasteiger partial charge is 0.340 e. The summed E-state index contributed by atoms with van der Waals surface area (Å²) in [6, 6.07) is 0. The van der Waals surface area contributed by atoms with Crippen LogP contribution in [0.4, 0.5) is 5.82 Å². The van der Waals surface area contributed by atoms with Gasteiger partial charge in [0.05, 0.1) is 13.3 Å². The Hall–Kier alpha value is -1.85. The predicted molar refractivity (Wildman–Crippen MR) is 60.4 cm³/mol. The largest absolute Gasteiger partial charge is 0.358 e. The van der Waals surface area contributed by atoms with E-state index in [0.29, 0.717) is 18.6 Å². The number of H-pyrrole nitrogens is 1. The quantitative estimate of drug-likeness (QED) is 0.473. The van der Waals surface area contributed by atoms with E-state index in [1.807, 2.05) is 24.3 Å². The number of nitro groups is 1. The van der Waals surface area contributed by atoms with Crippen LogP contribution in [0.2, 0.25) is 6.32 Å². The molecule has 1 aliphatic rings. The number of nitrogens with one attached hydrogen (secondary N) is 1. The second kappa shape index (κ2) is 3.96. The lowest BCUT2D eigenvalue weighted by Crippen LogP contribution is -2.25. The van der Waals surface area contributed by atoms with E-state index < -0.39 is 10.3 Å². The zero-order valence-electron chi connectivity index (χ0n) is 8.59. The van der Waals surface area contributed by atoms with Crippen LogP contribution in [0.3, 0.4) is 0 Å². The maximum absolute atomic E-state index is 10.6. The van der Waals surface area contributed by atoms with E-state index in [2.05, 4.69) is 9.97 Å². The molecule has 16 heavy (non-hydrogen) atoms. The van der Waals surface area contributed by atoms with Gasteiger partial charge in [-0.15, -0.1) is 0 Å². The molecule has 1 aromatic rings. The van der Waals surface area contributed by atoms with Gasteiger partial charge in [0.15, 0.2) is 0 Å². The van der Waals surface area contributed by atoms with E-state index in [1.165, 1.54) is 6.20 Å². The molecule has 1 aromatic heterocycles. The lowest BCUT2D eigenvalue weighted by molar-refractivity contribution is -0.389. The van der Waals surface area contributed by atoms with Crippen molar-refractivity contribution in [3.05, 3.63) is 46.4 Å². The molecular weight excluding hydrogens is 205 g/mol. The summed E-state index contributed by atoms with van der Waals surface area (Å²) in [5.74, 6) is 0.438. The number of aromatic amines is 1. The molecule has 0 saturated heterocycles. The van der Waals surface area contributed by atoms with E-state index in [4.69, 9.17) is 7.85 Å². The molecule has 1 unspecified atom stereocenters. The molecule has 1 heterocycles. The van der Waals surface area contributed by atoms with E-state index in [9.17, 15) is 10.1 Å². The average molecular weight is 215 g/mol. The third-order valence-corrected chi connectivity index (χ3v) is 2.74. The van der Waals surface area contributed by atoms with Crippen LogP contribution in [-0.4, -0.2) is 22.7 Å². The van der Waals surface area contributed by atoms with Gasteiger partial charge in [-0.25, -0.2) is 9.97 Å². The van der Waals surface area contributed by atoms with Crippen molar-refractivity contribution in [3.8, 4) is 0 Å². The Morgan fingerprint density at radius 1 is 1.62 bits per heavy atom. The van der Waals surface area contributed by atoms with Crippen molar-refractivity contribution in [1.29, 1.82) is 0 Å². The summed E-state index contributed by atoms with van der Waals surface area (Å²) in [5, 5.41) is 10.6. The second-order valence-electron chi connectivity index (χ2n) is 3.73. The standard InChI is InChI=1S/C10H10BN3O2/c11-7-10(4-2-1-3-5-10)9-12-6-8(13-9)14(15)16/h1-4,6H,5,7H2,(H,12,13). The zero-order chi connectivity index (χ0) is 11.6. The molecule has 0 aromatic carbocycles. The Labute approximate surface area is 93.8 Å². The van der Waals surface area contributed by atoms with Crippen LogP contribution in [0, 0.1) is 10.1 Å². The molecule has 0 aliphatic heterocycles. The summed E-state index contributed by atoms with van der Waals surface area (Å²) in [4.78, 5) is 16.8. The van der Waals surface area contributed by atoms with Crippen molar-refractivity contribution in [3.63, 3.8) is 0 Å². The number of nitrogens with zero attached hydrogens (tertiary/aromatic N) is 2. The van der Waals surface area contributed by atoms with Crippen LogP contribution in [-0.2, 0) is 5.41 Å². The van der Waals surface area contributed by atoms with Gasteiger partial charge >= 0.3 is 5.82 Å². The summed E-state index contributed by atoms with van der Waals surface area (Å²) in [5.41, 5.74) is -0.441. The fourth-order valence-corrected chi connectivity index (χ4v) is 1.75. The van der Waals surface area contributed by atoms with Crippen LogP contribution >= 0.6 is 0 Å². The topological polar surface area (TPSA) is 71.8 Å². The molecule has 2 radical (unpaired) electrons. The van der Waals surface area contributed by atoms with Crippen molar-refractivity contribution in [2.45, 2.75) is 18.2 Å². The van der Waals surface area contributed by atoms with Crippen molar-refractivity contribution in [2.75, 3.05) is 0 Å². The Morgan fingerprint density at radius 3 is 2.94 bits per heavy atom. The van der Waals surface area contributed by atoms with Gasteiger partial charge in [0.2, 0.25) is 5.82 Å². The van der Waals surface area contributed by atoms with Gasteiger partial charge in [-0.2, -0.15) is 0 Å². The normalized spacial score (nSPS) is 23.5. The molecular formula is C10H10BN3O2. The highest BCUT2D eigenvalue weighted by atomic mass is 16.6. The molecule has 5 nitrogen and oxygen atoms in total. The minimum Gasteiger partial charge on any atom is -0.358 e. The van der Waals surface area contributed by atoms with Crippen LogP contribution in [0.25, 0.3) is 0 Å². The molecule has 0 fully saturated rings. The monoisotopic (exact) mass is 215 g/mol. The number of imidazole rings is 1. The molecule has 2 rings (SSSR count). The fraction of sp³-hybridized carbons (Fsp3) is 0.300. The van der Waals surface area contributed by atoms with E-state index in [-0.39, 0.29) is 5.82 Å². The molecule has 0 spiro atoms. The number of aromatic nitrogens is 2. The van der Waals surface area contributed by atoms with Crippen LogP contribution < -0.4 is 0 Å². The summed E-state index contributed by atoms with van der Waals surface area (Å²) in [7, 11) is 5.74. The SMILES string of the molecule is [B]CC1(c2ncc([N+](=O)[O-])[nH]2)C=CC=CC1. The van der Waals surface area contributed by atoms with Gasteiger partial charge in [-0.05, 0) is 11.3 Å². The molecule has 80 valence electrons. The molecule has 1 aliphatic carbocycles. The average Bonchev–Trinajstić information content (AvgIpc) is 2.80. The summed E-state index contributed by atoms with van der Waals surface area (Å²) in [6.07, 6.45) is 9.98. The molecule has 0 amide bonds. The highest BCUT2D eigenvalue weighted by molar-refractivity contribution is 6.09. The van der Waals surface area contributed by atoms with Gasteiger partial charge in [0, 0.05) is 0 Å². The van der Waals surface area contributed by atoms with Crippen molar-refractivity contribution in [2.24, 2.45) is 0 Å². The lowest BCUT2D eigenvalue weighted by atomic mass is 9.71. The Balaban J connectivity index is 2.37. The third kappa shape index (κ3) is 1.66. The van der Waals surface area contributed by atoms with Crippen molar-refractivity contribution in [1.82, 2.24) is 9.97 Å². The maximum atomic E-state index is 10.6. The van der Waals surface area contributed by atoms with Gasteiger partial charge in [-0.3, -0.25) is 0 Å². The van der Waals surface area contributed by atoms with Crippen molar-refractivity contribution < 1.29 is 4.92 Å². The van der Waals surface area contributed by atoms with Gasteiger partial charge in [0.1, 0.15) is 6.20 Å². The van der Waals surface area contributed by atoms with E-state index >= 15 is 0 Å². The fourth-order valence-electron chi connectivity index (χ4n) is 1.75. The number of rotatable bonds is 3. The Bertz CT molecular complexity index is 466. The summed E-state index contributed by atoms with van der Waals surface area (Å²) >= 11 is 0. The van der Waals surface area contributed by atoms with Gasteiger partial charge in [-0.1, -0.05) is 30.6 Å². The van der Waals surface area contributed by atoms with E-state index in [1.54, 1.807) is 0 Å². The molecule has 1 atom stereocenters. The third-order valence-electron chi connectivity index (χ3n) is 2.74. The first-order chi connectivity index (χ1) is 7.68. The number of hydrogen-bond acceptors (Lipinski definition) is 3. The first-order valence-electron chi connectivity index (χ1n) is 4.92. The minimum atomic E-state index is -0.497. The summed E-state index contributed by atoms with van der Waals surface area (Å²) < 4.78 is 0. The first kappa shape index (κ1) is 10.7. The highest BCUT2D eigenvalue weighted by Crippen LogP contribution is 2.34. The first-order valence-corrected chi connectivity index (χ1v) is 4.92. The van der Waals surface area contributed by atoms with Crippen LogP contribution in [0.1, 0.15) is 12.2 Å². The minimum absolute atomic E-state index is 0.106. The molecule has 1 N–H and O–H groups in total. The number of allylic oxidation sites excluding steroid dienone is 4. The Kier molecular flexibility index (Phi) is 2.64. The van der Waals surface area contributed by atoms with Crippen molar-refractivity contribution >= 4 is 13.7 Å². The zero-order valence-corrected chi connectivity index (χ0v) is 8.59. The molecule has 6 heteroatoms. The van der Waals surface area contributed by atoms with Gasteiger partial charge in [0.25, 0.3) is 0 Å².